The molecule has 0 aliphatic carbocycles. The van der Waals surface area contributed by atoms with E-state index in [4.69, 9.17) is 5.26 Å². The summed E-state index contributed by atoms with van der Waals surface area (Å²) in [6.07, 6.45) is 2.97. The van der Waals surface area contributed by atoms with Gasteiger partial charge in [-0.25, -0.2) is 4.79 Å². The van der Waals surface area contributed by atoms with E-state index in [0.29, 0.717) is 12.6 Å². The topological polar surface area (TPSA) is 62.6 Å². The van der Waals surface area contributed by atoms with Crippen LogP contribution in [0.25, 0.3) is 0 Å². The number of carbonyl (C=O) groups excluding carboxylic acids is 1. The molecule has 2 aliphatic heterocycles. The molecule has 0 aromatic heterocycles. The van der Waals surface area contributed by atoms with E-state index in [0.717, 1.165) is 58.5 Å². The zero-order valence-electron chi connectivity index (χ0n) is 13.9. The molecule has 2 aliphatic rings. The Labute approximate surface area is 134 Å². The van der Waals surface area contributed by atoms with Crippen molar-refractivity contribution in [3.8, 4) is 6.07 Å². The summed E-state index contributed by atoms with van der Waals surface area (Å²) in [7, 11) is 0. The minimum Gasteiger partial charge on any atom is -0.335 e. The standard InChI is InChI=1S/C16H29N5O/c1-3-20(4-2)15-7-11-21(13-15)16(22)18-14-5-9-19(10-6-14)12-8-17/h14-15H,3-7,9-13H2,1-2H3,(H,18,22)/t15-/m0/s1. The van der Waals surface area contributed by atoms with Crippen molar-refractivity contribution in [1.82, 2.24) is 20.0 Å². The van der Waals surface area contributed by atoms with E-state index in [1.807, 2.05) is 4.90 Å². The Morgan fingerprint density at radius 2 is 1.91 bits per heavy atom. The third-order valence-corrected chi connectivity index (χ3v) is 4.99. The first-order valence-electron chi connectivity index (χ1n) is 8.56. The smallest absolute Gasteiger partial charge is 0.317 e. The maximum atomic E-state index is 12.4. The lowest BCUT2D eigenvalue weighted by molar-refractivity contribution is 0.177. The van der Waals surface area contributed by atoms with Crippen LogP contribution >= 0.6 is 0 Å². The molecule has 1 N–H and O–H groups in total. The fourth-order valence-electron chi connectivity index (χ4n) is 3.57. The molecule has 0 unspecified atom stereocenters. The van der Waals surface area contributed by atoms with Gasteiger partial charge in [0.05, 0.1) is 12.6 Å². The Morgan fingerprint density at radius 1 is 1.23 bits per heavy atom. The average molecular weight is 307 g/mol. The predicted molar refractivity (Wildman–Crippen MR) is 86.5 cm³/mol. The quantitative estimate of drug-likeness (QED) is 0.773. The van der Waals surface area contributed by atoms with Gasteiger partial charge in [-0.1, -0.05) is 13.8 Å². The highest BCUT2D eigenvalue weighted by Crippen LogP contribution is 2.16. The fourth-order valence-corrected chi connectivity index (χ4v) is 3.57. The molecule has 1 atom stereocenters. The molecule has 0 saturated carbocycles. The number of amides is 2. The van der Waals surface area contributed by atoms with Gasteiger partial charge in [0, 0.05) is 38.3 Å². The largest absolute Gasteiger partial charge is 0.335 e. The highest BCUT2D eigenvalue weighted by molar-refractivity contribution is 5.74. The van der Waals surface area contributed by atoms with Gasteiger partial charge in [0.1, 0.15) is 0 Å². The molecule has 0 aromatic carbocycles. The van der Waals surface area contributed by atoms with Crippen LogP contribution in [-0.2, 0) is 0 Å². The lowest BCUT2D eigenvalue weighted by atomic mass is 10.1. The zero-order valence-corrected chi connectivity index (χ0v) is 13.9. The zero-order chi connectivity index (χ0) is 15.9. The number of nitriles is 1. The van der Waals surface area contributed by atoms with Crippen molar-refractivity contribution in [2.24, 2.45) is 0 Å². The van der Waals surface area contributed by atoms with Crippen LogP contribution in [0.15, 0.2) is 0 Å². The minimum absolute atomic E-state index is 0.0911. The van der Waals surface area contributed by atoms with E-state index in [1.54, 1.807) is 0 Å². The number of urea groups is 1. The number of nitrogens with zero attached hydrogens (tertiary/aromatic N) is 4. The highest BCUT2D eigenvalue weighted by atomic mass is 16.2. The van der Waals surface area contributed by atoms with Crippen molar-refractivity contribution in [3.05, 3.63) is 0 Å². The lowest BCUT2D eigenvalue weighted by Gasteiger charge is -2.32. The van der Waals surface area contributed by atoms with Gasteiger partial charge in [-0.15, -0.1) is 0 Å². The second-order valence-corrected chi connectivity index (χ2v) is 6.27. The highest BCUT2D eigenvalue weighted by Gasteiger charge is 2.30. The van der Waals surface area contributed by atoms with E-state index in [1.165, 1.54) is 0 Å². The number of rotatable bonds is 5. The molecule has 0 bridgehead atoms. The fraction of sp³-hybridized carbons (Fsp3) is 0.875. The maximum absolute atomic E-state index is 12.4. The molecule has 0 radical (unpaired) electrons. The van der Waals surface area contributed by atoms with Gasteiger partial charge in [-0.05, 0) is 32.4 Å². The summed E-state index contributed by atoms with van der Waals surface area (Å²) < 4.78 is 0. The van der Waals surface area contributed by atoms with Crippen LogP contribution in [0.3, 0.4) is 0 Å². The van der Waals surface area contributed by atoms with E-state index >= 15 is 0 Å². The number of likely N-dealkylation sites (tertiary alicyclic amines) is 2. The van der Waals surface area contributed by atoms with Crippen molar-refractivity contribution in [2.45, 2.75) is 45.2 Å². The van der Waals surface area contributed by atoms with E-state index < -0.39 is 0 Å². The summed E-state index contributed by atoms with van der Waals surface area (Å²) in [5.41, 5.74) is 0. The lowest BCUT2D eigenvalue weighted by Crippen LogP contribution is -2.49. The molecule has 2 fully saturated rings. The van der Waals surface area contributed by atoms with Crippen molar-refractivity contribution >= 4 is 6.03 Å². The summed E-state index contributed by atoms with van der Waals surface area (Å²) in [6, 6.07) is 3.05. The number of hydrogen-bond donors (Lipinski definition) is 1. The second kappa shape index (κ2) is 8.35. The van der Waals surface area contributed by atoms with Gasteiger partial charge < -0.3 is 10.2 Å². The molecule has 2 amide bonds. The van der Waals surface area contributed by atoms with Crippen LogP contribution in [-0.4, -0.2) is 78.6 Å². The number of hydrogen-bond acceptors (Lipinski definition) is 4. The molecule has 6 heteroatoms. The first kappa shape index (κ1) is 17.0. The van der Waals surface area contributed by atoms with Gasteiger partial charge in [-0.2, -0.15) is 5.26 Å². The van der Waals surface area contributed by atoms with E-state index in [9.17, 15) is 4.79 Å². The summed E-state index contributed by atoms with van der Waals surface area (Å²) in [6.45, 7) is 10.5. The number of piperidine rings is 1. The average Bonchev–Trinajstić information content (AvgIpc) is 3.01. The van der Waals surface area contributed by atoms with Crippen LogP contribution in [0, 0.1) is 11.3 Å². The molecule has 124 valence electrons. The second-order valence-electron chi connectivity index (χ2n) is 6.27. The van der Waals surface area contributed by atoms with Gasteiger partial charge in [0.2, 0.25) is 0 Å². The van der Waals surface area contributed by atoms with Crippen molar-refractivity contribution in [2.75, 3.05) is 45.8 Å². The van der Waals surface area contributed by atoms with Gasteiger partial charge in [0.15, 0.2) is 0 Å². The minimum atomic E-state index is 0.0911. The van der Waals surface area contributed by atoms with Gasteiger partial charge >= 0.3 is 6.03 Å². The normalized spacial score (nSPS) is 23.7. The van der Waals surface area contributed by atoms with E-state index in [2.05, 4.69) is 35.0 Å². The SMILES string of the molecule is CCN(CC)[C@H]1CCN(C(=O)NC2CCN(CC#N)CC2)C1. The molecule has 2 heterocycles. The van der Waals surface area contributed by atoms with Crippen LogP contribution in [0.5, 0.6) is 0 Å². The Hall–Kier alpha value is -1.32. The van der Waals surface area contributed by atoms with Gasteiger partial charge in [-0.3, -0.25) is 9.80 Å². The maximum Gasteiger partial charge on any atom is 0.317 e. The number of nitrogens with one attached hydrogen (secondary N) is 1. The first-order valence-corrected chi connectivity index (χ1v) is 8.56. The van der Waals surface area contributed by atoms with Crippen LogP contribution < -0.4 is 5.32 Å². The van der Waals surface area contributed by atoms with Crippen LogP contribution in [0.1, 0.15) is 33.1 Å². The summed E-state index contributed by atoms with van der Waals surface area (Å²) in [4.78, 5) is 18.9. The summed E-state index contributed by atoms with van der Waals surface area (Å²) in [5.74, 6) is 0. The molecular formula is C16H29N5O. The molecule has 0 aromatic rings. The Bertz CT molecular complexity index is 396. The van der Waals surface area contributed by atoms with Crippen molar-refractivity contribution in [3.63, 3.8) is 0 Å². The predicted octanol–water partition coefficient (Wildman–Crippen LogP) is 1.10. The molecule has 2 rings (SSSR count). The Kier molecular flexibility index (Phi) is 6.47. The van der Waals surface area contributed by atoms with Gasteiger partial charge in [0.25, 0.3) is 0 Å². The molecule has 0 spiro atoms. The monoisotopic (exact) mass is 307 g/mol. The molecule has 6 nitrogen and oxygen atoms in total. The Morgan fingerprint density at radius 3 is 2.50 bits per heavy atom. The summed E-state index contributed by atoms with van der Waals surface area (Å²) >= 11 is 0. The Balaban J connectivity index is 1.74. The molecule has 22 heavy (non-hydrogen) atoms. The third-order valence-electron chi connectivity index (χ3n) is 4.99. The molecule has 2 saturated heterocycles. The number of likely N-dealkylation sites (N-methyl/N-ethyl adjacent to an activating group) is 1. The summed E-state index contributed by atoms with van der Waals surface area (Å²) in [5, 5.41) is 11.9. The number of carbonyl (C=O) groups is 1. The van der Waals surface area contributed by atoms with Crippen LogP contribution in [0.4, 0.5) is 4.79 Å². The van der Waals surface area contributed by atoms with Crippen molar-refractivity contribution in [1.29, 1.82) is 5.26 Å². The third kappa shape index (κ3) is 4.34. The van der Waals surface area contributed by atoms with E-state index in [-0.39, 0.29) is 12.1 Å². The van der Waals surface area contributed by atoms with Crippen molar-refractivity contribution < 1.29 is 4.79 Å². The first-order chi connectivity index (χ1) is 10.7. The molecular weight excluding hydrogens is 278 g/mol. The van der Waals surface area contributed by atoms with Crippen LogP contribution in [0.2, 0.25) is 0 Å².